The van der Waals surface area contributed by atoms with E-state index in [0.29, 0.717) is 18.0 Å². The van der Waals surface area contributed by atoms with Gasteiger partial charge in [-0.25, -0.2) is 13.4 Å². The highest BCUT2D eigenvalue weighted by molar-refractivity contribution is 7.89. The Labute approximate surface area is 246 Å². The molecule has 1 aromatic carbocycles. The fraction of sp³-hybridized carbons (Fsp3) is 0.419. The molecule has 220 valence electrons. The lowest BCUT2D eigenvalue weighted by Gasteiger charge is -2.36. The van der Waals surface area contributed by atoms with Crippen molar-refractivity contribution in [2.75, 3.05) is 18.0 Å². The van der Waals surface area contributed by atoms with Crippen LogP contribution in [0.5, 0.6) is 0 Å². The number of fused-ring (bicyclic) bond motifs is 4. The largest absolute Gasteiger partial charge is 0.481 e. The lowest BCUT2D eigenvalue weighted by atomic mass is 9.85. The van der Waals surface area contributed by atoms with E-state index in [9.17, 15) is 18.3 Å². The first-order valence-corrected chi connectivity index (χ1v) is 15.8. The van der Waals surface area contributed by atoms with E-state index in [2.05, 4.69) is 20.1 Å². The second kappa shape index (κ2) is 10.8. The molecule has 1 fully saturated rings. The molecule has 6 rings (SSSR count). The van der Waals surface area contributed by atoms with Crippen molar-refractivity contribution in [2.45, 2.75) is 76.8 Å². The van der Waals surface area contributed by atoms with Crippen LogP contribution in [0.1, 0.15) is 70.8 Å². The average molecular weight is 589 g/mol. The van der Waals surface area contributed by atoms with Gasteiger partial charge in [0, 0.05) is 44.0 Å². The van der Waals surface area contributed by atoms with Gasteiger partial charge in [-0.2, -0.15) is 4.31 Å². The van der Waals surface area contributed by atoms with Crippen molar-refractivity contribution >= 4 is 27.5 Å². The van der Waals surface area contributed by atoms with Crippen LogP contribution >= 0.6 is 0 Å². The molecule has 3 aromatic heterocycles. The molecule has 1 N–H and O–H groups in total. The van der Waals surface area contributed by atoms with E-state index < -0.39 is 21.9 Å². The molecule has 11 heteroatoms. The van der Waals surface area contributed by atoms with Gasteiger partial charge in [0.1, 0.15) is 16.5 Å². The highest BCUT2D eigenvalue weighted by atomic mass is 32.2. The van der Waals surface area contributed by atoms with Crippen molar-refractivity contribution in [1.29, 1.82) is 0 Å². The summed E-state index contributed by atoms with van der Waals surface area (Å²) in [6.45, 7) is 9.01. The fourth-order valence-corrected chi connectivity index (χ4v) is 8.16. The third-order valence-electron chi connectivity index (χ3n) is 8.82. The van der Waals surface area contributed by atoms with Crippen molar-refractivity contribution in [1.82, 2.24) is 23.9 Å². The quantitative estimate of drug-likeness (QED) is 0.349. The molecule has 1 saturated heterocycles. The average Bonchev–Trinajstić information content (AvgIpc) is 3.30. The van der Waals surface area contributed by atoms with E-state index in [1.54, 1.807) is 16.6 Å². The Morgan fingerprint density at radius 1 is 1.10 bits per heavy atom. The van der Waals surface area contributed by atoms with Crippen LogP contribution in [0.2, 0.25) is 0 Å². The Kier molecular flexibility index (Phi) is 7.26. The number of anilines is 1. The molecular weight excluding hydrogens is 552 g/mol. The van der Waals surface area contributed by atoms with Gasteiger partial charge in [0.25, 0.3) is 0 Å². The number of aromatic nitrogens is 4. The van der Waals surface area contributed by atoms with Gasteiger partial charge in [0.15, 0.2) is 5.65 Å². The van der Waals surface area contributed by atoms with Crippen LogP contribution in [0.25, 0.3) is 5.65 Å². The molecule has 0 amide bonds. The van der Waals surface area contributed by atoms with Crippen molar-refractivity contribution in [3.63, 3.8) is 0 Å². The molecule has 0 saturated carbocycles. The minimum Gasteiger partial charge on any atom is -0.481 e. The topological polar surface area (TPSA) is 121 Å². The van der Waals surface area contributed by atoms with E-state index in [1.807, 2.05) is 62.6 Å². The first-order valence-electron chi connectivity index (χ1n) is 14.4. The molecule has 2 aliphatic rings. The van der Waals surface area contributed by atoms with Crippen molar-refractivity contribution in [3.8, 4) is 0 Å². The lowest BCUT2D eigenvalue weighted by molar-refractivity contribution is -0.137. The van der Waals surface area contributed by atoms with Crippen LogP contribution in [0.4, 0.5) is 5.82 Å². The number of aryl methyl sites for hydroxylation is 4. The Hall–Kier alpha value is -3.83. The van der Waals surface area contributed by atoms with E-state index in [1.165, 1.54) is 0 Å². The summed E-state index contributed by atoms with van der Waals surface area (Å²) in [6, 6.07) is 9.62. The fourth-order valence-electron chi connectivity index (χ4n) is 6.47. The van der Waals surface area contributed by atoms with E-state index >= 15 is 0 Å². The number of hydrogen-bond acceptors (Lipinski definition) is 7. The van der Waals surface area contributed by atoms with E-state index in [-0.39, 0.29) is 23.9 Å². The predicted octanol–water partition coefficient (Wildman–Crippen LogP) is 4.53. The van der Waals surface area contributed by atoms with Crippen LogP contribution in [-0.4, -0.2) is 62.5 Å². The Morgan fingerprint density at radius 3 is 2.69 bits per heavy atom. The molecule has 4 aromatic rings. The summed E-state index contributed by atoms with van der Waals surface area (Å²) < 4.78 is 31.8. The second-order valence-corrected chi connectivity index (χ2v) is 13.6. The van der Waals surface area contributed by atoms with Crippen LogP contribution in [-0.2, 0) is 21.4 Å². The number of carbonyl (C=O) groups is 1. The molecule has 0 spiro atoms. The number of piperidine rings is 1. The standard InChI is InChI=1S/C31H36N6O4S/c1-19-13-28-31(32-16-19)37-11-6-5-7-25(37)18-35(42(28,40)41)17-24-14-23(9-8-20(24)2)27(15-29(38)39)26-10-12-36-22(4)33-34-30(36)21(26)3/h8-10,12-14,16,25,27H,5-7,11,15,17-18H2,1-4H3,(H,38,39)/t25-,27-/m0/s1. The highest BCUT2D eigenvalue weighted by Gasteiger charge is 2.39. The van der Waals surface area contributed by atoms with Crippen LogP contribution in [0.3, 0.4) is 0 Å². The van der Waals surface area contributed by atoms with Crippen LogP contribution in [0.15, 0.2) is 47.6 Å². The molecule has 5 heterocycles. The van der Waals surface area contributed by atoms with Gasteiger partial charge in [-0.3, -0.25) is 9.20 Å². The first-order chi connectivity index (χ1) is 20.0. The predicted molar refractivity (Wildman–Crippen MR) is 159 cm³/mol. The summed E-state index contributed by atoms with van der Waals surface area (Å²) in [5, 5.41) is 18.4. The Balaban J connectivity index is 1.41. The zero-order valence-electron chi connectivity index (χ0n) is 24.4. The molecule has 0 aliphatic carbocycles. The molecular formula is C31H36N6O4S. The lowest BCUT2D eigenvalue weighted by Crippen LogP contribution is -2.45. The molecule has 0 radical (unpaired) electrons. The van der Waals surface area contributed by atoms with Crippen LogP contribution in [0, 0.1) is 27.7 Å². The van der Waals surface area contributed by atoms with Gasteiger partial charge in [0.2, 0.25) is 10.0 Å². The maximum atomic E-state index is 14.2. The molecule has 2 aliphatic heterocycles. The summed E-state index contributed by atoms with van der Waals surface area (Å²) in [5.41, 5.74) is 5.87. The number of carboxylic acids is 1. The third-order valence-corrected chi connectivity index (χ3v) is 10.6. The summed E-state index contributed by atoms with van der Waals surface area (Å²) in [5.74, 6) is -0.0411. The summed E-state index contributed by atoms with van der Waals surface area (Å²) >= 11 is 0. The minimum atomic E-state index is -3.83. The number of hydrogen-bond donors (Lipinski definition) is 1. The maximum absolute atomic E-state index is 14.2. The normalized spacial score (nSPS) is 19.2. The number of carboxylic acid groups (broad SMARTS) is 1. The molecule has 10 nitrogen and oxygen atoms in total. The summed E-state index contributed by atoms with van der Waals surface area (Å²) in [7, 11) is -3.83. The number of pyridine rings is 2. The molecule has 2 atom stereocenters. The van der Waals surface area contributed by atoms with Gasteiger partial charge >= 0.3 is 5.97 Å². The number of rotatable bonds is 6. The smallest absolute Gasteiger partial charge is 0.304 e. The van der Waals surface area contributed by atoms with Crippen molar-refractivity contribution < 1.29 is 18.3 Å². The van der Waals surface area contributed by atoms with E-state index in [0.717, 1.165) is 65.0 Å². The van der Waals surface area contributed by atoms with Gasteiger partial charge in [-0.15, -0.1) is 10.2 Å². The zero-order chi connectivity index (χ0) is 29.8. The first kappa shape index (κ1) is 28.3. The number of benzene rings is 1. The number of aliphatic carboxylic acids is 1. The van der Waals surface area contributed by atoms with Crippen molar-refractivity contribution in [2.24, 2.45) is 0 Å². The van der Waals surface area contributed by atoms with E-state index in [4.69, 9.17) is 0 Å². The Bertz CT molecular complexity index is 1800. The third kappa shape index (κ3) is 4.94. The highest BCUT2D eigenvalue weighted by Crippen LogP contribution is 2.37. The number of nitrogens with zero attached hydrogens (tertiary/aromatic N) is 6. The number of sulfonamides is 1. The summed E-state index contributed by atoms with van der Waals surface area (Å²) in [6.07, 6.45) is 6.49. The van der Waals surface area contributed by atoms with Gasteiger partial charge in [0.05, 0.1) is 6.42 Å². The van der Waals surface area contributed by atoms with Crippen molar-refractivity contribution in [3.05, 3.63) is 81.9 Å². The second-order valence-electron chi connectivity index (χ2n) is 11.6. The SMILES string of the molecule is Cc1cnc2c(c1)S(=O)(=O)N(Cc1cc([C@H](CC(=O)O)c3ccn4c(C)nnc4c3C)ccc1C)C[C@@H]1CCCCN21. The summed E-state index contributed by atoms with van der Waals surface area (Å²) in [4.78, 5) is 19.1. The zero-order valence-corrected chi connectivity index (χ0v) is 25.2. The maximum Gasteiger partial charge on any atom is 0.304 e. The minimum absolute atomic E-state index is 0.0502. The Morgan fingerprint density at radius 2 is 1.90 bits per heavy atom. The van der Waals surface area contributed by atoms with Gasteiger partial charge < -0.3 is 10.0 Å². The van der Waals surface area contributed by atoms with Gasteiger partial charge in [-0.1, -0.05) is 18.2 Å². The molecule has 42 heavy (non-hydrogen) atoms. The van der Waals surface area contributed by atoms with Gasteiger partial charge in [-0.05, 0) is 92.5 Å². The molecule has 0 bridgehead atoms. The molecule has 0 unspecified atom stereocenters. The monoisotopic (exact) mass is 588 g/mol. The van der Waals surface area contributed by atoms with Crippen LogP contribution < -0.4 is 4.90 Å².